The number of nitrogens with zero attached hydrogens (tertiary/aromatic N) is 3. The van der Waals surface area contributed by atoms with Crippen LogP contribution < -0.4 is 0 Å². The molecule has 7 heteroatoms. The van der Waals surface area contributed by atoms with Gasteiger partial charge < -0.3 is 4.74 Å². The van der Waals surface area contributed by atoms with Crippen molar-refractivity contribution in [3.05, 3.63) is 52.6 Å². The fourth-order valence-electron chi connectivity index (χ4n) is 1.85. The molecule has 1 aromatic carbocycles. The highest BCUT2D eigenvalue weighted by Gasteiger charge is 2.13. The largest absolute Gasteiger partial charge is 0.444 e. The van der Waals surface area contributed by atoms with Gasteiger partial charge in [0.1, 0.15) is 17.0 Å². The molecule has 0 aliphatic rings. The van der Waals surface area contributed by atoms with Crippen molar-refractivity contribution in [2.75, 3.05) is 0 Å². The third-order valence-electron chi connectivity index (χ3n) is 2.98. The highest BCUT2D eigenvalue weighted by molar-refractivity contribution is 6.31. The first-order valence-electron chi connectivity index (χ1n) is 6.71. The van der Waals surface area contributed by atoms with Crippen LogP contribution in [0.1, 0.15) is 18.2 Å². The maximum absolute atomic E-state index is 13.0. The first-order valence-corrected chi connectivity index (χ1v) is 7.09. The molecule has 0 radical (unpaired) electrons. The predicted molar refractivity (Wildman–Crippen MR) is 83.5 cm³/mol. The molecule has 2 aromatic rings. The highest BCUT2D eigenvalue weighted by Crippen LogP contribution is 2.24. The van der Waals surface area contributed by atoms with Crippen LogP contribution in [0.2, 0.25) is 5.15 Å². The number of hydrogen-bond acceptors (Lipinski definition) is 4. The molecule has 5 nitrogen and oxygen atoms in total. The Morgan fingerprint density at radius 2 is 2.13 bits per heavy atom. The first-order chi connectivity index (χ1) is 10.9. The number of aromatic nitrogens is 2. The van der Waals surface area contributed by atoms with Crippen molar-refractivity contribution in [2.45, 2.75) is 20.0 Å². The SMILES string of the molecule is Cc1nn(-c2ccc(F)cc2)c(Cl)c1/C=C/C(=O)O[C@H](C)C#N. The van der Waals surface area contributed by atoms with Gasteiger partial charge in [-0.2, -0.15) is 10.4 Å². The van der Waals surface area contributed by atoms with Crippen molar-refractivity contribution in [3.8, 4) is 11.8 Å². The van der Waals surface area contributed by atoms with Crippen molar-refractivity contribution in [1.29, 1.82) is 5.26 Å². The van der Waals surface area contributed by atoms with Crippen LogP contribution in [0.4, 0.5) is 4.39 Å². The van der Waals surface area contributed by atoms with Gasteiger partial charge in [0.05, 0.1) is 11.4 Å². The maximum atomic E-state index is 13.0. The molecule has 118 valence electrons. The molecule has 0 aliphatic carbocycles. The third-order valence-corrected chi connectivity index (χ3v) is 3.34. The third kappa shape index (κ3) is 3.96. The minimum atomic E-state index is -0.828. The average molecular weight is 334 g/mol. The van der Waals surface area contributed by atoms with Gasteiger partial charge in [-0.05, 0) is 44.2 Å². The molecule has 0 N–H and O–H groups in total. The van der Waals surface area contributed by atoms with Gasteiger partial charge in [-0.25, -0.2) is 13.9 Å². The van der Waals surface area contributed by atoms with E-state index in [1.165, 1.54) is 35.9 Å². The van der Waals surface area contributed by atoms with Gasteiger partial charge in [-0.3, -0.25) is 0 Å². The Hall–Kier alpha value is -2.65. The summed E-state index contributed by atoms with van der Waals surface area (Å²) in [4.78, 5) is 11.6. The summed E-state index contributed by atoms with van der Waals surface area (Å²) in [6.07, 6.45) is 1.82. The van der Waals surface area contributed by atoms with Gasteiger partial charge in [0, 0.05) is 11.6 Å². The van der Waals surface area contributed by atoms with E-state index >= 15 is 0 Å². The number of aryl methyl sites for hydroxylation is 1. The van der Waals surface area contributed by atoms with E-state index in [0.29, 0.717) is 16.9 Å². The molecule has 0 saturated heterocycles. The number of carbonyl (C=O) groups is 1. The second-order valence-electron chi connectivity index (χ2n) is 4.72. The van der Waals surface area contributed by atoms with E-state index in [0.717, 1.165) is 0 Å². The van der Waals surface area contributed by atoms with E-state index in [-0.39, 0.29) is 11.0 Å². The van der Waals surface area contributed by atoms with Gasteiger partial charge in [0.25, 0.3) is 0 Å². The standard InChI is InChI=1S/C16H13ClFN3O2/c1-10(9-19)23-15(22)8-7-14-11(2)20-21(16(14)17)13-5-3-12(18)4-6-13/h3-8,10H,1-2H3/b8-7+/t10-/m1/s1. The van der Waals surface area contributed by atoms with E-state index in [2.05, 4.69) is 5.10 Å². The van der Waals surface area contributed by atoms with Crippen LogP contribution in [-0.2, 0) is 9.53 Å². The van der Waals surface area contributed by atoms with Crippen molar-refractivity contribution in [3.63, 3.8) is 0 Å². The summed E-state index contributed by atoms with van der Waals surface area (Å²) in [6.45, 7) is 3.20. The molecule has 2 rings (SSSR count). The average Bonchev–Trinajstić information content (AvgIpc) is 2.80. The number of carbonyl (C=O) groups excluding carboxylic acids is 1. The van der Waals surface area contributed by atoms with Crippen LogP contribution in [0, 0.1) is 24.1 Å². The van der Waals surface area contributed by atoms with Gasteiger partial charge in [0.2, 0.25) is 0 Å². The Morgan fingerprint density at radius 1 is 1.48 bits per heavy atom. The molecular weight excluding hydrogens is 321 g/mol. The monoisotopic (exact) mass is 333 g/mol. The molecule has 1 heterocycles. The summed E-state index contributed by atoms with van der Waals surface area (Å²) in [7, 11) is 0. The Kier molecular flexibility index (Phi) is 5.14. The van der Waals surface area contributed by atoms with Crippen LogP contribution in [-0.4, -0.2) is 21.9 Å². The molecule has 23 heavy (non-hydrogen) atoms. The molecule has 0 bridgehead atoms. The predicted octanol–water partition coefficient (Wildman–Crippen LogP) is 3.44. The van der Waals surface area contributed by atoms with E-state index in [9.17, 15) is 9.18 Å². The Morgan fingerprint density at radius 3 is 2.74 bits per heavy atom. The minimum Gasteiger partial charge on any atom is -0.444 e. The molecule has 0 spiro atoms. The molecule has 0 saturated carbocycles. The van der Waals surface area contributed by atoms with Crippen LogP contribution in [0.15, 0.2) is 30.3 Å². The minimum absolute atomic E-state index is 0.284. The zero-order chi connectivity index (χ0) is 17.0. The van der Waals surface area contributed by atoms with E-state index in [1.807, 2.05) is 0 Å². The Balaban J connectivity index is 2.26. The number of hydrogen-bond donors (Lipinski definition) is 0. The zero-order valence-electron chi connectivity index (χ0n) is 12.5. The lowest BCUT2D eigenvalue weighted by atomic mass is 10.2. The smallest absolute Gasteiger partial charge is 0.332 e. The second-order valence-corrected chi connectivity index (χ2v) is 5.08. The normalized spacial score (nSPS) is 12.1. The fourth-order valence-corrected chi connectivity index (χ4v) is 2.18. The van der Waals surface area contributed by atoms with Crippen molar-refractivity contribution in [1.82, 2.24) is 9.78 Å². The van der Waals surface area contributed by atoms with Crippen LogP contribution in [0.3, 0.4) is 0 Å². The second kappa shape index (κ2) is 7.07. The van der Waals surface area contributed by atoms with Gasteiger partial charge in [0.15, 0.2) is 6.10 Å². The number of halogens is 2. The summed E-state index contributed by atoms with van der Waals surface area (Å²) < 4.78 is 19.2. The van der Waals surface area contributed by atoms with Crippen LogP contribution >= 0.6 is 11.6 Å². The lowest BCUT2D eigenvalue weighted by Gasteiger charge is -2.03. The summed E-state index contributed by atoms with van der Waals surface area (Å²) >= 11 is 6.27. The number of ether oxygens (including phenoxy) is 1. The molecule has 1 aromatic heterocycles. The molecule has 0 unspecified atom stereocenters. The van der Waals surface area contributed by atoms with Gasteiger partial charge in [-0.15, -0.1) is 0 Å². The lowest BCUT2D eigenvalue weighted by molar-refractivity contribution is -0.139. The molecule has 0 fully saturated rings. The summed E-state index contributed by atoms with van der Waals surface area (Å²) in [5.74, 6) is -1.01. The van der Waals surface area contributed by atoms with E-state index < -0.39 is 12.1 Å². The van der Waals surface area contributed by atoms with Crippen molar-refractivity contribution < 1.29 is 13.9 Å². The molecule has 1 atom stereocenters. The molecule has 0 amide bonds. The first kappa shape index (κ1) is 16.7. The van der Waals surface area contributed by atoms with Crippen LogP contribution in [0.25, 0.3) is 11.8 Å². The lowest BCUT2D eigenvalue weighted by Crippen LogP contribution is -2.10. The van der Waals surface area contributed by atoms with Crippen LogP contribution in [0.5, 0.6) is 0 Å². The Bertz CT molecular complexity index is 791. The molecule has 0 aliphatic heterocycles. The van der Waals surface area contributed by atoms with Gasteiger partial charge >= 0.3 is 5.97 Å². The van der Waals surface area contributed by atoms with Crippen molar-refractivity contribution >= 4 is 23.6 Å². The quantitative estimate of drug-likeness (QED) is 0.635. The van der Waals surface area contributed by atoms with Crippen molar-refractivity contribution in [2.24, 2.45) is 0 Å². The summed E-state index contributed by atoms with van der Waals surface area (Å²) in [5, 5.41) is 13.1. The molecular formula is C16H13ClFN3O2. The van der Waals surface area contributed by atoms with Gasteiger partial charge in [-0.1, -0.05) is 11.6 Å². The van der Waals surface area contributed by atoms with E-state index in [1.54, 1.807) is 25.1 Å². The number of esters is 1. The highest BCUT2D eigenvalue weighted by atomic mass is 35.5. The maximum Gasteiger partial charge on any atom is 0.332 e. The van der Waals surface area contributed by atoms with E-state index in [4.69, 9.17) is 21.6 Å². The topological polar surface area (TPSA) is 67.9 Å². The zero-order valence-corrected chi connectivity index (χ0v) is 13.2. The summed E-state index contributed by atoms with van der Waals surface area (Å²) in [6, 6.07) is 7.50. The number of rotatable bonds is 4. The summed E-state index contributed by atoms with van der Waals surface area (Å²) in [5.41, 5.74) is 1.73. The Labute approximate surface area is 137 Å². The number of benzene rings is 1. The number of nitriles is 1. The fraction of sp³-hybridized carbons (Fsp3) is 0.188.